The van der Waals surface area contributed by atoms with Crippen LogP contribution in [0.3, 0.4) is 0 Å². The van der Waals surface area contributed by atoms with Gasteiger partial charge in [-0.05, 0) is 48.3 Å². The van der Waals surface area contributed by atoms with Crippen LogP contribution in [-0.2, 0) is 4.74 Å². The first kappa shape index (κ1) is 10.5. The predicted octanol–water partition coefficient (Wildman–Crippen LogP) is 3.34. The molecule has 3 saturated carbocycles. The molecule has 0 aliphatic heterocycles. The van der Waals surface area contributed by atoms with Gasteiger partial charge in [0.25, 0.3) is 0 Å². The van der Waals surface area contributed by atoms with Gasteiger partial charge >= 0.3 is 0 Å². The Morgan fingerprint density at radius 3 is 2.57 bits per heavy atom. The van der Waals surface area contributed by atoms with Crippen LogP contribution >= 0.6 is 0 Å². The summed E-state index contributed by atoms with van der Waals surface area (Å²) in [6.07, 6.45) is 4.22. The fourth-order valence-electron chi connectivity index (χ4n) is 3.94. The molecular weight excluding hydrogens is 172 g/mol. The highest BCUT2D eigenvalue weighted by Gasteiger charge is 2.56. The molecule has 0 aromatic heterocycles. The van der Waals surface area contributed by atoms with Crippen molar-refractivity contribution in [3.05, 3.63) is 0 Å². The first-order valence-corrected chi connectivity index (χ1v) is 6.06. The lowest BCUT2D eigenvalue weighted by Crippen LogP contribution is -2.55. The van der Waals surface area contributed by atoms with Crippen LogP contribution in [0.4, 0.5) is 0 Å². The van der Waals surface area contributed by atoms with Gasteiger partial charge in [-0.15, -0.1) is 0 Å². The van der Waals surface area contributed by atoms with E-state index in [1.807, 2.05) is 7.11 Å². The zero-order chi connectivity index (χ0) is 10.3. The molecule has 0 aromatic carbocycles. The molecule has 0 amide bonds. The van der Waals surface area contributed by atoms with E-state index in [1.54, 1.807) is 0 Å². The van der Waals surface area contributed by atoms with Gasteiger partial charge in [-0.3, -0.25) is 0 Å². The lowest BCUT2D eigenvalue weighted by atomic mass is 9.43. The van der Waals surface area contributed by atoms with Crippen LogP contribution in [0, 0.1) is 29.1 Å². The van der Waals surface area contributed by atoms with Crippen molar-refractivity contribution >= 4 is 0 Å². The van der Waals surface area contributed by atoms with Crippen molar-refractivity contribution in [2.75, 3.05) is 13.7 Å². The maximum Gasteiger partial charge on any atom is 0.0465 e. The van der Waals surface area contributed by atoms with Gasteiger partial charge in [0.1, 0.15) is 0 Å². The number of rotatable bonds is 3. The molecule has 3 rings (SSSR count). The molecule has 3 aliphatic rings. The lowest BCUT2D eigenvalue weighted by Gasteiger charge is -2.62. The summed E-state index contributed by atoms with van der Waals surface area (Å²) < 4.78 is 5.23. The molecule has 0 spiro atoms. The Kier molecular flexibility index (Phi) is 2.63. The van der Waals surface area contributed by atoms with E-state index in [1.165, 1.54) is 19.3 Å². The third kappa shape index (κ3) is 1.41. The summed E-state index contributed by atoms with van der Waals surface area (Å²) in [5.74, 6) is 3.85. The second kappa shape index (κ2) is 3.52. The summed E-state index contributed by atoms with van der Waals surface area (Å²) in [7, 11) is 1.82. The first-order valence-electron chi connectivity index (χ1n) is 6.06. The lowest BCUT2D eigenvalue weighted by molar-refractivity contribution is -0.135. The average molecular weight is 196 g/mol. The van der Waals surface area contributed by atoms with Crippen LogP contribution in [-0.4, -0.2) is 13.7 Å². The monoisotopic (exact) mass is 196 g/mol. The van der Waals surface area contributed by atoms with Crippen molar-refractivity contribution in [1.29, 1.82) is 0 Å². The largest absolute Gasteiger partial charge is 0.385 e. The van der Waals surface area contributed by atoms with E-state index in [9.17, 15) is 0 Å². The second-order valence-electron chi connectivity index (χ2n) is 6.02. The van der Waals surface area contributed by atoms with Gasteiger partial charge in [0.15, 0.2) is 0 Å². The Morgan fingerprint density at radius 1 is 1.29 bits per heavy atom. The molecule has 1 nitrogen and oxygen atoms in total. The second-order valence-corrected chi connectivity index (χ2v) is 6.02. The van der Waals surface area contributed by atoms with Gasteiger partial charge in [0.05, 0.1) is 0 Å². The minimum absolute atomic E-state index is 0.630. The molecule has 3 fully saturated rings. The molecule has 3 aliphatic carbocycles. The summed E-state index contributed by atoms with van der Waals surface area (Å²) in [6.45, 7) is 8.33. The van der Waals surface area contributed by atoms with Crippen LogP contribution in [0.1, 0.15) is 40.0 Å². The quantitative estimate of drug-likeness (QED) is 0.672. The van der Waals surface area contributed by atoms with Crippen molar-refractivity contribution in [3.63, 3.8) is 0 Å². The van der Waals surface area contributed by atoms with E-state index in [2.05, 4.69) is 20.8 Å². The molecule has 0 N–H and O–H groups in total. The van der Waals surface area contributed by atoms with Crippen molar-refractivity contribution < 1.29 is 4.74 Å². The van der Waals surface area contributed by atoms with Crippen molar-refractivity contribution in [2.45, 2.75) is 40.0 Å². The highest BCUT2D eigenvalue weighted by atomic mass is 16.5. The summed E-state index contributed by atoms with van der Waals surface area (Å²) in [5.41, 5.74) is 0.630. The van der Waals surface area contributed by atoms with Crippen molar-refractivity contribution in [3.8, 4) is 0 Å². The van der Waals surface area contributed by atoms with E-state index in [0.717, 1.165) is 30.3 Å². The van der Waals surface area contributed by atoms with Crippen LogP contribution in [0.15, 0.2) is 0 Å². The number of ether oxygens (including phenoxy) is 1. The topological polar surface area (TPSA) is 9.23 Å². The highest BCUT2D eigenvalue weighted by Crippen LogP contribution is 2.63. The average Bonchev–Trinajstić information content (AvgIpc) is 2.15. The molecule has 14 heavy (non-hydrogen) atoms. The molecule has 2 bridgehead atoms. The maximum absolute atomic E-state index is 5.23. The van der Waals surface area contributed by atoms with Crippen LogP contribution in [0.2, 0.25) is 0 Å². The van der Waals surface area contributed by atoms with E-state index in [-0.39, 0.29) is 0 Å². The van der Waals surface area contributed by atoms with Gasteiger partial charge < -0.3 is 4.74 Å². The standard InChI is InChI=1S/C13H24O/c1-9-7-10-8-12(13(10,2)3)11(9)5-6-14-4/h9-12H,5-8H2,1-4H3. The number of fused-ring (bicyclic) bond motifs is 2. The third-order valence-electron chi connectivity index (χ3n) is 5.11. The Balaban J connectivity index is 2.00. The van der Waals surface area contributed by atoms with Gasteiger partial charge in [0, 0.05) is 13.7 Å². The Morgan fingerprint density at radius 2 is 2.00 bits per heavy atom. The fourth-order valence-corrected chi connectivity index (χ4v) is 3.94. The predicted molar refractivity (Wildman–Crippen MR) is 59.1 cm³/mol. The zero-order valence-corrected chi connectivity index (χ0v) is 10.0. The smallest absolute Gasteiger partial charge is 0.0465 e. The molecule has 4 unspecified atom stereocenters. The fraction of sp³-hybridized carbons (Fsp3) is 1.00. The minimum Gasteiger partial charge on any atom is -0.385 e. The Hall–Kier alpha value is -0.0400. The molecule has 1 heteroatoms. The van der Waals surface area contributed by atoms with Crippen LogP contribution < -0.4 is 0 Å². The van der Waals surface area contributed by atoms with Gasteiger partial charge in [-0.2, -0.15) is 0 Å². The highest BCUT2D eigenvalue weighted by molar-refractivity contribution is 5.05. The third-order valence-corrected chi connectivity index (χ3v) is 5.11. The summed E-state index contributed by atoms with van der Waals surface area (Å²) in [4.78, 5) is 0. The molecular formula is C13H24O. The van der Waals surface area contributed by atoms with E-state index in [4.69, 9.17) is 4.74 Å². The van der Waals surface area contributed by atoms with Crippen LogP contribution in [0.25, 0.3) is 0 Å². The molecule has 4 atom stereocenters. The number of hydrogen-bond donors (Lipinski definition) is 0. The molecule has 0 heterocycles. The molecule has 0 saturated heterocycles. The summed E-state index contributed by atoms with van der Waals surface area (Å²) in [6, 6.07) is 0. The van der Waals surface area contributed by atoms with Gasteiger partial charge in [0.2, 0.25) is 0 Å². The molecule has 0 aromatic rings. The van der Waals surface area contributed by atoms with E-state index >= 15 is 0 Å². The zero-order valence-electron chi connectivity index (χ0n) is 10.0. The first-order chi connectivity index (χ1) is 6.57. The van der Waals surface area contributed by atoms with Crippen molar-refractivity contribution in [2.24, 2.45) is 29.1 Å². The van der Waals surface area contributed by atoms with Gasteiger partial charge in [-0.25, -0.2) is 0 Å². The van der Waals surface area contributed by atoms with E-state index in [0.29, 0.717) is 5.41 Å². The minimum atomic E-state index is 0.630. The number of hydrogen-bond acceptors (Lipinski definition) is 1. The number of methoxy groups -OCH3 is 1. The van der Waals surface area contributed by atoms with Gasteiger partial charge in [-0.1, -0.05) is 20.8 Å². The summed E-state index contributed by atoms with van der Waals surface area (Å²) in [5, 5.41) is 0. The SMILES string of the molecule is COCCC1C(C)CC2CC1C2(C)C. The summed E-state index contributed by atoms with van der Waals surface area (Å²) >= 11 is 0. The Labute approximate surface area is 88.2 Å². The van der Waals surface area contributed by atoms with Crippen LogP contribution in [0.5, 0.6) is 0 Å². The Bertz CT molecular complexity index is 209. The maximum atomic E-state index is 5.23. The normalized spacial score (nSPS) is 44.6. The molecule has 0 radical (unpaired) electrons. The van der Waals surface area contributed by atoms with E-state index < -0.39 is 0 Å². The molecule has 82 valence electrons. The van der Waals surface area contributed by atoms with Crippen molar-refractivity contribution in [1.82, 2.24) is 0 Å².